The third-order valence-electron chi connectivity index (χ3n) is 6.42. The molecule has 0 aliphatic carbocycles. The first-order chi connectivity index (χ1) is 18.5. The number of amides is 1. The molecule has 0 spiro atoms. The highest BCUT2D eigenvalue weighted by atomic mass is 16.6. The number of nitrogens with one attached hydrogen (secondary N) is 2. The standard InChI is InChI=1S/C29H31N3O6/c1-4-37-26(33)24(27(34)38-5-2)29(31-30-21-14-10-7-11-15-21)25(20-12-8-6-9-13-20)32(28(29)35)22-16-18-23(36-3)19-17-22/h6-19,24-25,30-31H,4-5H2,1-3H3/t25-,29-/m1/s1. The molecule has 1 heterocycles. The molecule has 4 rings (SSSR count). The van der Waals surface area contributed by atoms with Crippen molar-refractivity contribution in [3.63, 3.8) is 0 Å². The summed E-state index contributed by atoms with van der Waals surface area (Å²) >= 11 is 0. The lowest BCUT2D eigenvalue weighted by Crippen LogP contribution is -2.81. The Balaban J connectivity index is 1.88. The van der Waals surface area contributed by atoms with Crippen LogP contribution in [0.15, 0.2) is 84.9 Å². The Morgan fingerprint density at radius 1 is 0.868 bits per heavy atom. The Bertz CT molecular complexity index is 1230. The zero-order chi connectivity index (χ0) is 27.1. The summed E-state index contributed by atoms with van der Waals surface area (Å²) in [6.45, 7) is 3.35. The number of nitrogens with zero attached hydrogens (tertiary/aromatic N) is 1. The van der Waals surface area contributed by atoms with E-state index in [1.807, 2.05) is 48.5 Å². The van der Waals surface area contributed by atoms with Gasteiger partial charge in [0.15, 0.2) is 11.5 Å². The molecule has 0 saturated carbocycles. The van der Waals surface area contributed by atoms with Crippen molar-refractivity contribution >= 4 is 29.2 Å². The number of esters is 2. The van der Waals surface area contributed by atoms with Crippen LogP contribution in [0.5, 0.6) is 5.75 Å². The number of para-hydroxylation sites is 1. The van der Waals surface area contributed by atoms with E-state index in [9.17, 15) is 14.4 Å². The molecule has 1 amide bonds. The van der Waals surface area contributed by atoms with Crippen molar-refractivity contribution in [3.05, 3.63) is 90.5 Å². The van der Waals surface area contributed by atoms with Crippen molar-refractivity contribution < 1.29 is 28.6 Å². The van der Waals surface area contributed by atoms with Gasteiger partial charge in [0.1, 0.15) is 5.75 Å². The van der Waals surface area contributed by atoms with Gasteiger partial charge in [0.2, 0.25) is 0 Å². The monoisotopic (exact) mass is 517 g/mol. The number of carbonyl (C=O) groups excluding carboxylic acids is 3. The molecule has 9 nitrogen and oxygen atoms in total. The zero-order valence-corrected chi connectivity index (χ0v) is 21.5. The van der Waals surface area contributed by atoms with Crippen molar-refractivity contribution in [2.45, 2.75) is 25.4 Å². The fourth-order valence-corrected chi connectivity index (χ4v) is 4.72. The number of rotatable bonds is 11. The maximum Gasteiger partial charge on any atom is 0.322 e. The van der Waals surface area contributed by atoms with Crippen molar-refractivity contribution in [3.8, 4) is 5.75 Å². The first kappa shape index (κ1) is 26.7. The SMILES string of the molecule is CCOC(=O)C(C(=O)OCC)[C@]1(NNc2ccccc2)C(=O)N(c2ccc(OC)cc2)[C@@H]1c1ccccc1. The Morgan fingerprint density at radius 2 is 1.42 bits per heavy atom. The van der Waals surface area contributed by atoms with E-state index in [2.05, 4.69) is 10.9 Å². The van der Waals surface area contributed by atoms with Crippen LogP contribution in [0.4, 0.5) is 11.4 Å². The summed E-state index contributed by atoms with van der Waals surface area (Å²) in [5.74, 6) is -3.16. The molecule has 0 bridgehead atoms. The molecule has 0 unspecified atom stereocenters. The molecule has 1 aliphatic rings. The van der Waals surface area contributed by atoms with Gasteiger partial charge in [-0.15, -0.1) is 0 Å². The molecule has 198 valence electrons. The van der Waals surface area contributed by atoms with Crippen LogP contribution < -0.4 is 20.5 Å². The fourth-order valence-electron chi connectivity index (χ4n) is 4.72. The minimum atomic E-state index is -1.77. The van der Waals surface area contributed by atoms with Crippen molar-refractivity contribution in [2.75, 3.05) is 30.6 Å². The summed E-state index contributed by atoms with van der Waals surface area (Å²) in [7, 11) is 1.56. The van der Waals surface area contributed by atoms with Crippen molar-refractivity contribution in [1.82, 2.24) is 5.43 Å². The smallest absolute Gasteiger partial charge is 0.322 e. The van der Waals surface area contributed by atoms with E-state index in [1.165, 1.54) is 0 Å². The van der Waals surface area contributed by atoms with Crippen molar-refractivity contribution in [1.29, 1.82) is 0 Å². The van der Waals surface area contributed by atoms with Gasteiger partial charge in [0.05, 0.1) is 26.4 Å². The van der Waals surface area contributed by atoms with Gasteiger partial charge in [-0.2, -0.15) is 0 Å². The lowest BCUT2D eigenvalue weighted by atomic mass is 9.66. The number of hydrogen-bond donors (Lipinski definition) is 2. The number of hydrogen-bond acceptors (Lipinski definition) is 8. The molecule has 2 N–H and O–H groups in total. The van der Waals surface area contributed by atoms with Crippen LogP contribution in [0.3, 0.4) is 0 Å². The van der Waals surface area contributed by atoms with Gasteiger partial charge in [-0.1, -0.05) is 48.5 Å². The first-order valence-electron chi connectivity index (χ1n) is 12.4. The van der Waals surface area contributed by atoms with Crippen LogP contribution in [-0.2, 0) is 23.9 Å². The summed E-state index contributed by atoms with van der Waals surface area (Å²) in [5.41, 5.74) is 6.29. The van der Waals surface area contributed by atoms with Crippen LogP contribution in [0.1, 0.15) is 25.5 Å². The molecular weight excluding hydrogens is 486 g/mol. The van der Waals surface area contributed by atoms with E-state index in [0.717, 1.165) is 0 Å². The Labute approximate surface area is 221 Å². The fraction of sp³-hybridized carbons (Fsp3) is 0.276. The summed E-state index contributed by atoms with van der Waals surface area (Å²) in [6.07, 6.45) is 0. The Hall–Kier alpha value is -4.37. The Morgan fingerprint density at radius 3 is 1.95 bits per heavy atom. The third-order valence-corrected chi connectivity index (χ3v) is 6.42. The molecule has 0 radical (unpaired) electrons. The molecular formula is C29H31N3O6. The summed E-state index contributed by atoms with van der Waals surface area (Å²) < 4.78 is 15.9. The number of β-lactam (4-membered cyclic amide) rings is 1. The van der Waals surface area contributed by atoms with Crippen LogP contribution >= 0.6 is 0 Å². The second-order valence-corrected chi connectivity index (χ2v) is 8.61. The summed E-state index contributed by atoms with van der Waals surface area (Å²) in [5, 5.41) is 0. The quantitative estimate of drug-likeness (QED) is 0.171. The molecule has 38 heavy (non-hydrogen) atoms. The van der Waals surface area contributed by atoms with Crippen LogP contribution in [0.2, 0.25) is 0 Å². The average molecular weight is 518 g/mol. The minimum absolute atomic E-state index is 0.0311. The van der Waals surface area contributed by atoms with E-state index < -0.39 is 35.3 Å². The van der Waals surface area contributed by atoms with E-state index in [4.69, 9.17) is 14.2 Å². The molecule has 1 fully saturated rings. The average Bonchev–Trinajstić information content (AvgIpc) is 2.95. The second-order valence-electron chi connectivity index (χ2n) is 8.61. The largest absolute Gasteiger partial charge is 0.497 e. The maximum absolute atomic E-state index is 14.3. The lowest BCUT2D eigenvalue weighted by molar-refractivity contribution is -0.172. The lowest BCUT2D eigenvalue weighted by Gasteiger charge is -2.57. The number of carbonyl (C=O) groups is 3. The van der Waals surface area contributed by atoms with Gasteiger partial charge in [-0.3, -0.25) is 14.4 Å². The Kier molecular flexibility index (Phi) is 8.28. The highest BCUT2D eigenvalue weighted by Gasteiger charge is 2.70. The van der Waals surface area contributed by atoms with Crippen LogP contribution in [0, 0.1) is 5.92 Å². The molecule has 3 aromatic rings. The van der Waals surface area contributed by atoms with Crippen LogP contribution in [-0.4, -0.2) is 43.7 Å². The number of anilines is 2. The molecule has 3 aromatic carbocycles. The van der Waals surface area contributed by atoms with E-state index in [-0.39, 0.29) is 13.2 Å². The first-order valence-corrected chi connectivity index (χ1v) is 12.4. The number of ether oxygens (including phenoxy) is 3. The van der Waals surface area contributed by atoms with E-state index >= 15 is 0 Å². The second kappa shape index (κ2) is 11.8. The predicted octanol–water partition coefficient (Wildman–Crippen LogP) is 3.88. The summed E-state index contributed by atoms with van der Waals surface area (Å²) in [4.78, 5) is 42.6. The van der Waals surface area contributed by atoms with Gasteiger partial charge in [-0.05, 0) is 55.8 Å². The highest BCUT2D eigenvalue weighted by molar-refractivity contribution is 6.16. The molecule has 1 aliphatic heterocycles. The molecule has 0 aromatic heterocycles. The zero-order valence-electron chi connectivity index (χ0n) is 21.5. The number of benzene rings is 3. The molecule has 1 saturated heterocycles. The van der Waals surface area contributed by atoms with E-state index in [1.54, 1.807) is 62.3 Å². The normalized spacial score (nSPS) is 18.5. The van der Waals surface area contributed by atoms with Gasteiger partial charge >= 0.3 is 11.9 Å². The van der Waals surface area contributed by atoms with Gasteiger partial charge < -0.3 is 24.5 Å². The van der Waals surface area contributed by atoms with Crippen molar-refractivity contribution in [2.24, 2.45) is 5.92 Å². The summed E-state index contributed by atoms with van der Waals surface area (Å²) in [6, 6.07) is 24.5. The maximum atomic E-state index is 14.3. The number of methoxy groups -OCH3 is 1. The van der Waals surface area contributed by atoms with Crippen LogP contribution in [0.25, 0.3) is 0 Å². The molecule has 2 atom stereocenters. The van der Waals surface area contributed by atoms with Gasteiger partial charge in [0.25, 0.3) is 5.91 Å². The molecule has 9 heteroatoms. The van der Waals surface area contributed by atoms with E-state index in [0.29, 0.717) is 22.7 Å². The third kappa shape index (κ3) is 4.92. The van der Waals surface area contributed by atoms with Gasteiger partial charge in [-0.25, -0.2) is 5.43 Å². The predicted molar refractivity (Wildman–Crippen MR) is 142 cm³/mol. The number of hydrazine groups is 1. The van der Waals surface area contributed by atoms with Gasteiger partial charge in [0, 0.05) is 11.4 Å². The topological polar surface area (TPSA) is 106 Å². The minimum Gasteiger partial charge on any atom is -0.497 e. The highest BCUT2D eigenvalue weighted by Crippen LogP contribution is 2.51.